The molecule has 0 bridgehead atoms. The summed E-state index contributed by atoms with van der Waals surface area (Å²) in [6.45, 7) is 4.67. The van der Waals surface area contributed by atoms with Gasteiger partial charge in [-0.1, -0.05) is 26.2 Å². The van der Waals surface area contributed by atoms with Crippen LogP contribution in [0.15, 0.2) is 12.5 Å². The van der Waals surface area contributed by atoms with Crippen LogP contribution in [0.25, 0.3) is 11.0 Å². The van der Waals surface area contributed by atoms with Gasteiger partial charge in [0.1, 0.15) is 12.1 Å². The fourth-order valence-corrected chi connectivity index (χ4v) is 4.10. The van der Waals surface area contributed by atoms with Gasteiger partial charge in [-0.2, -0.15) is 5.10 Å². The number of nitrogens with zero attached hydrogens (tertiary/aromatic N) is 4. The van der Waals surface area contributed by atoms with Crippen LogP contribution in [0.4, 0.5) is 5.82 Å². The van der Waals surface area contributed by atoms with Gasteiger partial charge in [0.2, 0.25) is 5.91 Å². The van der Waals surface area contributed by atoms with Crippen molar-refractivity contribution in [3.05, 3.63) is 12.5 Å². The first kappa shape index (κ1) is 21.5. The average Bonchev–Trinajstić information content (AvgIpc) is 3.17. The van der Waals surface area contributed by atoms with Crippen LogP contribution >= 0.6 is 0 Å². The van der Waals surface area contributed by atoms with Gasteiger partial charge in [0.25, 0.3) is 0 Å². The summed E-state index contributed by atoms with van der Waals surface area (Å²) in [5.41, 5.74) is 0.769. The van der Waals surface area contributed by atoms with Crippen molar-refractivity contribution in [3.63, 3.8) is 0 Å². The standard InChI is InChI=1S/C21H34N6O2/c1-3-4-5-16-6-8-17(9-7-16)21(28)23-10-12-27-20-18(14-26-27)19(24-15-25-20)22-11-13-29-2/h14-17H,3-13H2,1-2H3,(H,23,28)(H,22,24,25). The number of carbonyl (C=O) groups excluding carboxylic acids is 1. The molecule has 29 heavy (non-hydrogen) atoms. The van der Waals surface area contributed by atoms with Gasteiger partial charge in [0.15, 0.2) is 5.65 Å². The van der Waals surface area contributed by atoms with E-state index in [9.17, 15) is 4.79 Å². The third kappa shape index (κ3) is 5.88. The lowest BCUT2D eigenvalue weighted by molar-refractivity contribution is -0.126. The van der Waals surface area contributed by atoms with Gasteiger partial charge in [-0.3, -0.25) is 4.79 Å². The zero-order valence-electron chi connectivity index (χ0n) is 17.7. The molecule has 0 saturated heterocycles. The van der Waals surface area contributed by atoms with E-state index in [1.807, 2.05) is 4.68 Å². The minimum Gasteiger partial charge on any atom is -0.383 e. The Morgan fingerprint density at radius 3 is 2.83 bits per heavy atom. The molecule has 1 aliphatic rings. The zero-order valence-corrected chi connectivity index (χ0v) is 17.7. The fraction of sp³-hybridized carbons (Fsp3) is 0.714. The Kier molecular flexibility index (Phi) is 8.22. The number of hydrogen-bond acceptors (Lipinski definition) is 6. The molecule has 1 amide bonds. The molecular weight excluding hydrogens is 368 g/mol. The van der Waals surface area contributed by atoms with Crippen molar-refractivity contribution in [1.82, 2.24) is 25.1 Å². The number of hydrogen-bond donors (Lipinski definition) is 2. The predicted octanol–water partition coefficient (Wildman–Crippen LogP) is 3.00. The Labute approximate surface area is 172 Å². The fourth-order valence-electron chi connectivity index (χ4n) is 4.10. The van der Waals surface area contributed by atoms with Crippen LogP contribution in [-0.2, 0) is 16.1 Å². The molecule has 0 aromatic carbocycles. The molecule has 2 aromatic rings. The van der Waals surface area contributed by atoms with E-state index in [1.54, 1.807) is 13.3 Å². The number of nitrogens with one attached hydrogen (secondary N) is 2. The SMILES string of the molecule is CCCCC1CCC(C(=O)NCCn2ncc3c(NCCOC)ncnc32)CC1. The van der Waals surface area contributed by atoms with Crippen molar-refractivity contribution in [2.75, 3.05) is 32.1 Å². The number of aromatic nitrogens is 4. The molecule has 1 aliphatic carbocycles. The van der Waals surface area contributed by atoms with Crippen LogP contribution in [0.1, 0.15) is 51.9 Å². The number of rotatable bonds is 11. The van der Waals surface area contributed by atoms with Crippen LogP contribution < -0.4 is 10.6 Å². The van der Waals surface area contributed by atoms with Crippen molar-refractivity contribution in [1.29, 1.82) is 0 Å². The Balaban J connectivity index is 1.46. The highest BCUT2D eigenvalue weighted by atomic mass is 16.5. The van der Waals surface area contributed by atoms with Gasteiger partial charge < -0.3 is 15.4 Å². The molecule has 8 nitrogen and oxygen atoms in total. The molecule has 8 heteroatoms. The number of methoxy groups -OCH3 is 1. The summed E-state index contributed by atoms with van der Waals surface area (Å²) in [5, 5.41) is 11.6. The van der Waals surface area contributed by atoms with Crippen molar-refractivity contribution in [2.24, 2.45) is 11.8 Å². The highest BCUT2D eigenvalue weighted by Gasteiger charge is 2.25. The van der Waals surface area contributed by atoms with E-state index in [4.69, 9.17) is 4.74 Å². The lowest BCUT2D eigenvalue weighted by atomic mass is 9.79. The van der Waals surface area contributed by atoms with E-state index < -0.39 is 0 Å². The van der Waals surface area contributed by atoms with E-state index in [2.05, 4.69) is 32.6 Å². The van der Waals surface area contributed by atoms with Gasteiger partial charge in [-0.05, 0) is 31.6 Å². The molecule has 160 valence electrons. The molecule has 2 N–H and O–H groups in total. The summed E-state index contributed by atoms with van der Waals surface area (Å²) < 4.78 is 6.88. The molecule has 1 saturated carbocycles. The smallest absolute Gasteiger partial charge is 0.223 e. The first-order valence-corrected chi connectivity index (χ1v) is 10.9. The van der Waals surface area contributed by atoms with E-state index in [1.165, 1.54) is 38.4 Å². The molecule has 0 aliphatic heterocycles. The molecule has 0 atom stereocenters. The molecule has 1 fully saturated rings. The molecule has 3 rings (SSSR count). The minimum absolute atomic E-state index is 0.168. The normalized spacial score (nSPS) is 19.4. The number of anilines is 1. The second-order valence-electron chi connectivity index (χ2n) is 7.90. The second kappa shape index (κ2) is 11.1. The third-order valence-corrected chi connectivity index (χ3v) is 5.84. The Bertz CT molecular complexity index is 770. The molecule has 0 radical (unpaired) electrons. The molecule has 2 aromatic heterocycles. The van der Waals surface area contributed by atoms with E-state index in [-0.39, 0.29) is 11.8 Å². The van der Waals surface area contributed by atoms with Gasteiger partial charge in [-0.15, -0.1) is 0 Å². The maximum Gasteiger partial charge on any atom is 0.223 e. The number of ether oxygens (including phenoxy) is 1. The maximum atomic E-state index is 12.5. The second-order valence-corrected chi connectivity index (χ2v) is 7.90. The first-order chi connectivity index (χ1) is 14.2. The molecular formula is C21H34N6O2. The maximum absolute atomic E-state index is 12.5. The van der Waals surface area contributed by atoms with Crippen LogP contribution in [0, 0.1) is 11.8 Å². The third-order valence-electron chi connectivity index (χ3n) is 5.84. The number of amides is 1. The summed E-state index contributed by atoms with van der Waals surface area (Å²) in [5.74, 6) is 1.93. The Morgan fingerprint density at radius 1 is 1.24 bits per heavy atom. The molecule has 0 unspecified atom stereocenters. The summed E-state index contributed by atoms with van der Waals surface area (Å²) in [6, 6.07) is 0. The van der Waals surface area contributed by atoms with Crippen molar-refractivity contribution < 1.29 is 9.53 Å². The number of unbranched alkanes of at least 4 members (excludes halogenated alkanes) is 1. The monoisotopic (exact) mass is 402 g/mol. The predicted molar refractivity (Wildman–Crippen MR) is 114 cm³/mol. The van der Waals surface area contributed by atoms with E-state index >= 15 is 0 Å². The number of fused-ring (bicyclic) bond motifs is 1. The molecule has 2 heterocycles. The summed E-state index contributed by atoms with van der Waals surface area (Å²) in [7, 11) is 1.67. The first-order valence-electron chi connectivity index (χ1n) is 10.9. The quantitative estimate of drug-likeness (QED) is 0.561. The number of carbonyl (C=O) groups is 1. The van der Waals surface area contributed by atoms with Gasteiger partial charge in [0, 0.05) is 26.1 Å². The van der Waals surface area contributed by atoms with Crippen molar-refractivity contribution in [3.8, 4) is 0 Å². The lowest BCUT2D eigenvalue weighted by Crippen LogP contribution is -2.35. The summed E-state index contributed by atoms with van der Waals surface area (Å²) >= 11 is 0. The van der Waals surface area contributed by atoms with Crippen LogP contribution in [-0.4, -0.2) is 52.5 Å². The van der Waals surface area contributed by atoms with Crippen molar-refractivity contribution in [2.45, 2.75) is 58.4 Å². The van der Waals surface area contributed by atoms with Crippen molar-refractivity contribution >= 4 is 22.8 Å². The van der Waals surface area contributed by atoms with Gasteiger partial charge in [-0.25, -0.2) is 14.6 Å². The van der Waals surface area contributed by atoms with E-state index in [0.717, 1.165) is 35.6 Å². The van der Waals surface area contributed by atoms with Gasteiger partial charge >= 0.3 is 0 Å². The van der Waals surface area contributed by atoms with Gasteiger partial charge in [0.05, 0.1) is 24.7 Å². The Hall–Kier alpha value is -2.22. The average molecular weight is 403 g/mol. The topological polar surface area (TPSA) is 94.0 Å². The highest BCUT2D eigenvalue weighted by Crippen LogP contribution is 2.31. The highest BCUT2D eigenvalue weighted by molar-refractivity contribution is 5.86. The van der Waals surface area contributed by atoms with E-state index in [0.29, 0.717) is 26.2 Å². The van der Waals surface area contributed by atoms with Crippen LogP contribution in [0.3, 0.4) is 0 Å². The summed E-state index contributed by atoms with van der Waals surface area (Å²) in [4.78, 5) is 21.2. The lowest BCUT2D eigenvalue weighted by Gasteiger charge is -2.27. The Morgan fingerprint density at radius 2 is 2.07 bits per heavy atom. The summed E-state index contributed by atoms with van der Waals surface area (Å²) in [6.07, 6.45) is 11.6. The van der Waals surface area contributed by atoms with Crippen LogP contribution in [0.5, 0.6) is 0 Å². The molecule has 0 spiro atoms. The minimum atomic E-state index is 0.168. The zero-order chi connectivity index (χ0) is 20.5. The largest absolute Gasteiger partial charge is 0.383 e. The van der Waals surface area contributed by atoms with Crippen LogP contribution in [0.2, 0.25) is 0 Å².